The van der Waals surface area contributed by atoms with Gasteiger partial charge in [0.05, 0.1) is 0 Å². The van der Waals surface area contributed by atoms with Crippen LogP contribution in [0.25, 0.3) is 0 Å². The molecule has 1 saturated carbocycles. The van der Waals surface area contributed by atoms with Gasteiger partial charge in [0.2, 0.25) is 0 Å². The van der Waals surface area contributed by atoms with Crippen molar-refractivity contribution in [3.05, 3.63) is 0 Å². The van der Waals surface area contributed by atoms with E-state index in [-0.39, 0.29) is 6.09 Å². The van der Waals surface area contributed by atoms with Crippen molar-refractivity contribution in [3.63, 3.8) is 0 Å². The molecule has 0 aromatic rings. The average molecular weight is 298 g/mol. The first-order valence-corrected chi connectivity index (χ1v) is 8.22. The topological polar surface area (TPSA) is 59.6 Å². The molecule has 1 aliphatic carbocycles. The monoisotopic (exact) mass is 298 g/mol. The fourth-order valence-electron chi connectivity index (χ4n) is 2.68. The number of carbonyl (C=O) groups is 1. The third-order valence-corrected chi connectivity index (χ3v) is 4.07. The molecule has 2 rings (SSSR count). The smallest absolute Gasteiger partial charge is 0.407 e. The molecule has 122 valence electrons. The van der Waals surface area contributed by atoms with Crippen LogP contribution in [0.4, 0.5) is 4.79 Å². The lowest BCUT2D eigenvalue weighted by molar-refractivity contribution is 0.0517. The van der Waals surface area contributed by atoms with Crippen LogP contribution in [-0.4, -0.2) is 44.0 Å². The van der Waals surface area contributed by atoms with Gasteiger partial charge in [-0.3, -0.25) is 0 Å². The zero-order valence-corrected chi connectivity index (χ0v) is 13.6. The number of hydrogen-bond acceptors (Lipinski definition) is 4. The van der Waals surface area contributed by atoms with Gasteiger partial charge >= 0.3 is 6.09 Å². The number of amides is 1. The minimum atomic E-state index is -0.436. The van der Waals surface area contributed by atoms with E-state index in [2.05, 4.69) is 10.6 Å². The zero-order chi connectivity index (χ0) is 15.3. The second kappa shape index (κ2) is 7.45. The number of ether oxygens (including phenoxy) is 2. The van der Waals surface area contributed by atoms with Crippen LogP contribution in [0.3, 0.4) is 0 Å². The van der Waals surface area contributed by atoms with Gasteiger partial charge in [-0.1, -0.05) is 0 Å². The molecule has 1 amide bonds. The van der Waals surface area contributed by atoms with Crippen LogP contribution in [0.15, 0.2) is 0 Å². The van der Waals surface area contributed by atoms with Gasteiger partial charge in [-0.15, -0.1) is 0 Å². The summed E-state index contributed by atoms with van der Waals surface area (Å²) in [6.07, 6.45) is 4.50. The normalized spacial score (nSPS) is 21.9. The summed E-state index contributed by atoms with van der Waals surface area (Å²) in [6, 6.07) is 0.375. The van der Waals surface area contributed by atoms with Gasteiger partial charge in [0.1, 0.15) is 5.60 Å². The molecule has 0 aromatic carbocycles. The van der Waals surface area contributed by atoms with Crippen molar-refractivity contribution in [1.29, 1.82) is 0 Å². The predicted octanol–water partition coefficient (Wildman–Crippen LogP) is 2.31. The van der Waals surface area contributed by atoms with Crippen molar-refractivity contribution < 1.29 is 14.3 Å². The molecule has 1 unspecified atom stereocenters. The molecular formula is C16H30N2O3. The van der Waals surface area contributed by atoms with Crippen LogP contribution in [0.5, 0.6) is 0 Å². The summed E-state index contributed by atoms with van der Waals surface area (Å²) in [5.74, 6) is 1.42. The summed E-state index contributed by atoms with van der Waals surface area (Å²) in [7, 11) is 0. The van der Waals surface area contributed by atoms with Gasteiger partial charge in [-0.25, -0.2) is 4.79 Å². The molecule has 1 saturated heterocycles. The molecule has 0 radical (unpaired) electrons. The Bertz CT molecular complexity index is 331. The number of alkyl carbamates (subject to hydrolysis) is 1. The maximum Gasteiger partial charge on any atom is 0.407 e. The Morgan fingerprint density at radius 2 is 1.90 bits per heavy atom. The third-order valence-electron chi connectivity index (χ3n) is 4.07. The minimum Gasteiger partial charge on any atom is -0.444 e. The van der Waals surface area contributed by atoms with Gasteiger partial charge in [0.15, 0.2) is 0 Å². The van der Waals surface area contributed by atoms with Gasteiger partial charge in [0.25, 0.3) is 0 Å². The lowest BCUT2D eigenvalue weighted by Crippen LogP contribution is -2.45. The van der Waals surface area contributed by atoms with E-state index in [1.54, 1.807) is 0 Å². The van der Waals surface area contributed by atoms with E-state index in [1.807, 2.05) is 20.8 Å². The summed E-state index contributed by atoms with van der Waals surface area (Å²) < 4.78 is 10.7. The van der Waals surface area contributed by atoms with Gasteiger partial charge in [-0.2, -0.15) is 0 Å². The SMILES string of the molecule is CC(C)(C)OC(=O)NCC(NCC1CCOCC1)C1CC1. The van der Waals surface area contributed by atoms with Crippen molar-refractivity contribution in [2.24, 2.45) is 11.8 Å². The molecule has 1 aliphatic heterocycles. The second-order valence-electron chi connectivity index (χ2n) is 7.29. The maximum absolute atomic E-state index is 11.7. The molecule has 2 aliphatic rings. The van der Waals surface area contributed by atoms with E-state index in [0.29, 0.717) is 24.4 Å². The number of nitrogens with one attached hydrogen (secondary N) is 2. The molecule has 0 bridgehead atoms. The van der Waals surface area contributed by atoms with E-state index in [9.17, 15) is 4.79 Å². The molecule has 0 aromatic heterocycles. The Morgan fingerprint density at radius 1 is 1.24 bits per heavy atom. The summed E-state index contributed by atoms with van der Waals surface area (Å²) in [5.41, 5.74) is -0.436. The largest absolute Gasteiger partial charge is 0.444 e. The van der Waals surface area contributed by atoms with Crippen molar-refractivity contribution in [2.75, 3.05) is 26.3 Å². The van der Waals surface area contributed by atoms with E-state index >= 15 is 0 Å². The number of carbonyl (C=O) groups excluding carboxylic acids is 1. The summed E-state index contributed by atoms with van der Waals surface area (Å²) in [6.45, 7) is 9.10. The summed E-state index contributed by atoms with van der Waals surface area (Å²) in [5, 5.41) is 6.54. The summed E-state index contributed by atoms with van der Waals surface area (Å²) in [4.78, 5) is 11.7. The highest BCUT2D eigenvalue weighted by atomic mass is 16.6. The quantitative estimate of drug-likeness (QED) is 0.790. The van der Waals surface area contributed by atoms with Crippen molar-refractivity contribution in [3.8, 4) is 0 Å². The number of hydrogen-bond donors (Lipinski definition) is 2. The Kier molecular flexibility index (Phi) is 5.88. The fraction of sp³-hybridized carbons (Fsp3) is 0.938. The third kappa shape index (κ3) is 6.66. The fourth-order valence-corrected chi connectivity index (χ4v) is 2.68. The minimum absolute atomic E-state index is 0.319. The Hall–Kier alpha value is -0.810. The van der Waals surface area contributed by atoms with Gasteiger partial charge < -0.3 is 20.1 Å². The van der Waals surface area contributed by atoms with E-state index in [1.165, 1.54) is 12.8 Å². The predicted molar refractivity (Wildman–Crippen MR) is 82.3 cm³/mol. The van der Waals surface area contributed by atoms with Crippen LogP contribution in [0.1, 0.15) is 46.5 Å². The first-order valence-electron chi connectivity index (χ1n) is 8.22. The second-order valence-corrected chi connectivity index (χ2v) is 7.29. The lowest BCUT2D eigenvalue weighted by atomic mass is 9.99. The first kappa shape index (κ1) is 16.6. The average Bonchev–Trinajstić information content (AvgIpc) is 3.22. The van der Waals surface area contributed by atoms with Crippen LogP contribution >= 0.6 is 0 Å². The molecule has 5 nitrogen and oxygen atoms in total. The molecule has 1 heterocycles. The molecule has 5 heteroatoms. The first-order chi connectivity index (χ1) is 9.94. The van der Waals surface area contributed by atoms with Crippen molar-refractivity contribution in [2.45, 2.75) is 58.1 Å². The van der Waals surface area contributed by atoms with Gasteiger partial charge in [0, 0.05) is 25.8 Å². The Morgan fingerprint density at radius 3 is 2.48 bits per heavy atom. The highest BCUT2D eigenvalue weighted by Crippen LogP contribution is 2.32. The molecule has 0 spiro atoms. The maximum atomic E-state index is 11.7. The Labute approximate surface area is 128 Å². The van der Waals surface area contributed by atoms with Crippen LogP contribution in [0, 0.1) is 11.8 Å². The molecule has 2 N–H and O–H groups in total. The summed E-state index contributed by atoms with van der Waals surface area (Å²) >= 11 is 0. The van der Waals surface area contributed by atoms with E-state index in [0.717, 1.165) is 32.6 Å². The number of rotatable bonds is 6. The zero-order valence-electron chi connectivity index (χ0n) is 13.6. The van der Waals surface area contributed by atoms with E-state index < -0.39 is 5.60 Å². The van der Waals surface area contributed by atoms with Crippen molar-refractivity contribution >= 4 is 6.09 Å². The van der Waals surface area contributed by atoms with Crippen molar-refractivity contribution in [1.82, 2.24) is 10.6 Å². The Balaban J connectivity index is 1.68. The molecule has 2 fully saturated rings. The standard InChI is InChI=1S/C16H30N2O3/c1-16(2,3)21-15(19)18-11-14(13-4-5-13)17-10-12-6-8-20-9-7-12/h12-14,17H,4-11H2,1-3H3,(H,18,19). The van der Waals surface area contributed by atoms with Crippen LogP contribution in [0.2, 0.25) is 0 Å². The molecular weight excluding hydrogens is 268 g/mol. The van der Waals surface area contributed by atoms with Gasteiger partial charge in [-0.05, 0) is 64.8 Å². The lowest BCUT2D eigenvalue weighted by Gasteiger charge is -2.26. The van der Waals surface area contributed by atoms with Crippen LogP contribution < -0.4 is 10.6 Å². The highest BCUT2D eigenvalue weighted by Gasteiger charge is 2.32. The van der Waals surface area contributed by atoms with Crippen LogP contribution in [-0.2, 0) is 9.47 Å². The molecule has 21 heavy (non-hydrogen) atoms. The van der Waals surface area contributed by atoms with E-state index in [4.69, 9.17) is 9.47 Å². The molecule has 1 atom stereocenters. The highest BCUT2D eigenvalue weighted by molar-refractivity contribution is 5.67.